The fourth-order valence-electron chi connectivity index (χ4n) is 1.35. The van der Waals surface area contributed by atoms with Crippen LogP contribution in [0.4, 0.5) is 0 Å². The first-order valence-electron chi connectivity index (χ1n) is 5.04. The Bertz CT molecular complexity index is 440. The van der Waals surface area contributed by atoms with Crippen LogP contribution in [-0.4, -0.2) is 32.7 Å². The molecule has 18 heavy (non-hydrogen) atoms. The standard InChI is InChI=1S/C9H13NO6P2/c11-7-6-10(18(14,15)16-17(12)13)8-9-4-2-1-3-5-9/h1-5,11H,6-8H2,(H-,12,13,14,15)/p+1. The Morgan fingerprint density at radius 2 is 1.94 bits per heavy atom. The molecule has 7 nitrogen and oxygen atoms in total. The lowest BCUT2D eigenvalue weighted by Gasteiger charge is -2.21. The minimum atomic E-state index is -4.40. The maximum Gasteiger partial charge on any atom is 0.704 e. The highest BCUT2D eigenvalue weighted by atomic mass is 31.2. The number of nitrogens with zero attached hydrogens (tertiary/aromatic N) is 1. The van der Waals surface area contributed by atoms with Crippen molar-refractivity contribution in [2.24, 2.45) is 0 Å². The van der Waals surface area contributed by atoms with Gasteiger partial charge in [-0.3, -0.25) is 0 Å². The molecule has 0 aliphatic heterocycles. The Morgan fingerprint density at radius 3 is 2.44 bits per heavy atom. The molecule has 3 N–H and O–H groups in total. The number of hydrogen-bond acceptors (Lipinski definition) is 4. The normalized spacial score (nSPS) is 15.4. The van der Waals surface area contributed by atoms with Crippen LogP contribution in [0.2, 0.25) is 0 Å². The molecule has 0 saturated heterocycles. The van der Waals surface area contributed by atoms with Crippen molar-refractivity contribution in [3.05, 3.63) is 35.9 Å². The van der Waals surface area contributed by atoms with E-state index in [1.807, 2.05) is 0 Å². The first-order valence-corrected chi connectivity index (χ1v) is 7.70. The first kappa shape index (κ1) is 15.4. The van der Waals surface area contributed by atoms with E-state index < -0.39 is 16.0 Å². The van der Waals surface area contributed by atoms with Gasteiger partial charge in [-0.15, -0.1) is 4.89 Å². The fraction of sp³-hybridized carbons (Fsp3) is 0.333. The Morgan fingerprint density at radius 1 is 1.33 bits per heavy atom. The predicted octanol–water partition coefficient (Wildman–Crippen LogP) is 1.25. The molecule has 0 aliphatic rings. The SMILES string of the molecule is O=[P+](O)OP(=O)(O)N(CCO)Cc1ccccc1. The maximum atomic E-state index is 11.7. The van der Waals surface area contributed by atoms with Crippen molar-refractivity contribution < 1.29 is 28.3 Å². The monoisotopic (exact) mass is 294 g/mol. The molecule has 0 fully saturated rings. The molecular formula is C9H14NO6P2+. The minimum absolute atomic E-state index is 0.0261. The average Bonchev–Trinajstić information content (AvgIpc) is 2.28. The van der Waals surface area contributed by atoms with E-state index in [1.165, 1.54) is 0 Å². The highest BCUT2D eigenvalue weighted by Crippen LogP contribution is 2.53. The van der Waals surface area contributed by atoms with E-state index in [2.05, 4.69) is 4.31 Å². The molecular weight excluding hydrogens is 280 g/mol. The third-order valence-corrected chi connectivity index (χ3v) is 4.57. The summed E-state index contributed by atoms with van der Waals surface area (Å²) in [5, 5.41) is 8.85. The van der Waals surface area contributed by atoms with E-state index in [9.17, 15) is 14.0 Å². The fourth-order valence-corrected chi connectivity index (χ4v) is 3.17. The van der Waals surface area contributed by atoms with E-state index in [-0.39, 0.29) is 19.7 Å². The van der Waals surface area contributed by atoms with E-state index in [4.69, 9.17) is 10.00 Å². The zero-order chi connectivity index (χ0) is 13.6. The molecule has 9 heteroatoms. The molecule has 2 atom stereocenters. The van der Waals surface area contributed by atoms with Crippen molar-refractivity contribution in [3.63, 3.8) is 0 Å². The topological polar surface area (TPSA) is 107 Å². The zero-order valence-corrected chi connectivity index (χ0v) is 11.2. The average molecular weight is 294 g/mol. The molecule has 100 valence electrons. The van der Waals surface area contributed by atoms with Crippen LogP contribution in [0, 0.1) is 0 Å². The third kappa shape index (κ3) is 4.92. The van der Waals surface area contributed by atoms with E-state index in [0.29, 0.717) is 0 Å². The number of benzene rings is 1. The van der Waals surface area contributed by atoms with Crippen molar-refractivity contribution in [1.29, 1.82) is 0 Å². The lowest BCUT2D eigenvalue weighted by Crippen LogP contribution is -2.23. The minimum Gasteiger partial charge on any atom is -0.395 e. The Balaban J connectivity index is 2.82. The molecule has 0 heterocycles. The summed E-state index contributed by atoms with van der Waals surface area (Å²) in [5.74, 6) is 0. The van der Waals surface area contributed by atoms with Gasteiger partial charge in [0.1, 0.15) is 0 Å². The van der Waals surface area contributed by atoms with Crippen LogP contribution in [0.1, 0.15) is 5.56 Å². The molecule has 0 aliphatic carbocycles. The maximum absolute atomic E-state index is 11.7. The second-order valence-electron chi connectivity index (χ2n) is 3.41. The summed E-state index contributed by atoms with van der Waals surface area (Å²) in [5.41, 5.74) is 0.719. The van der Waals surface area contributed by atoms with Crippen LogP contribution >= 0.6 is 16.0 Å². The predicted molar refractivity (Wildman–Crippen MR) is 64.7 cm³/mol. The second-order valence-corrected chi connectivity index (χ2v) is 6.08. The van der Waals surface area contributed by atoms with Crippen LogP contribution in [0.25, 0.3) is 0 Å². The van der Waals surface area contributed by atoms with Crippen molar-refractivity contribution in [2.45, 2.75) is 6.54 Å². The smallest absolute Gasteiger partial charge is 0.395 e. The van der Waals surface area contributed by atoms with Gasteiger partial charge in [0.05, 0.1) is 6.61 Å². The Kier molecular flexibility index (Phi) is 6.05. The quantitative estimate of drug-likeness (QED) is 0.649. The largest absolute Gasteiger partial charge is 0.704 e. The molecule has 0 radical (unpaired) electrons. The number of rotatable bonds is 7. The van der Waals surface area contributed by atoms with Crippen molar-refractivity contribution in [1.82, 2.24) is 4.67 Å². The number of hydrogen-bond donors (Lipinski definition) is 3. The van der Waals surface area contributed by atoms with E-state index in [0.717, 1.165) is 10.2 Å². The molecule has 0 aromatic heterocycles. The molecule has 0 saturated carbocycles. The molecule has 1 aromatic carbocycles. The summed E-state index contributed by atoms with van der Waals surface area (Å²) < 4.78 is 27.2. The Labute approximate surface area is 105 Å². The van der Waals surface area contributed by atoms with E-state index >= 15 is 0 Å². The lowest BCUT2D eigenvalue weighted by molar-refractivity contribution is 0.212. The van der Waals surface area contributed by atoms with Crippen molar-refractivity contribution >= 4 is 16.0 Å². The number of aliphatic hydroxyl groups is 1. The Hall–Kier alpha value is -0.650. The summed E-state index contributed by atoms with van der Waals surface area (Å²) in [6.07, 6.45) is 0. The van der Waals surface area contributed by atoms with Crippen LogP contribution in [-0.2, 0) is 20.0 Å². The summed E-state index contributed by atoms with van der Waals surface area (Å²) >= 11 is 0. The molecule has 0 spiro atoms. The highest BCUT2D eigenvalue weighted by Gasteiger charge is 2.39. The van der Waals surface area contributed by atoms with Gasteiger partial charge in [-0.25, -0.2) is 4.57 Å². The zero-order valence-electron chi connectivity index (χ0n) is 9.42. The van der Waals surface area contributed by atoms with Gasteiger partial charge >= 0.3 is 16.0 Å². The van der Waals surface area contributed by atoms with Gasteiger partial charge in [0.15, 0.2) is 0 Å². The first-order chi connectivity index (χ1) is 8.45. The molecule has 0 amide bonds. The van der Waals surface area contributed by atoms with Gasteiger partial charge in [0.2, 0.25) is 0 Å². The molecule has 2 unspecified atom stereocenters. The number of aliphatic hydroxyl groups excluding tert-OH is 1. The summed E-state index contributed by atoms with van der Waals surface area (Å²) in [7, 11) is -7.59. The van der Waals surface area contributed by atoms with Gasteiger partial charge in [0.25, 0.3) is 0 Å². The molecule has 0 bridgehead atoms. The van der Waals surface area contributed by atoms with Crippen LogP contribution in [0.5, 0.6) is 0 Å². The van der Waals surface area contributed by atoms with Gasteiger partial charge in [-0.05, 0) is 9.87 Å². The van der Waals surface area contributed by atoms with Crippen molar-refractivity contribution in [3.8, 4) is 0 Å². The summed E-state index contributed by atoms with van der Waals surface area (Å²) in [4.78, 5) is 18.1. The summed E-state index contributed by atoms with van der Waals surface area (Å²) in [6, 6.07) is 8.75. The van der Waals surface area contributed by atoms with Gasteiger partial charge in [0, 0.05) is 17.7 Å². The third-order valence-electron chi connectivity index (χ3n) is 2.10. The van der Waals surface area contributed by atoms with Gasteiger partial charge < -0.3 is 10.00 Å². The summed E-state index contributed by atoms with van der Waals surface area (Å²) in [6.45, 7) is -0.493. The van der Waals surface area contributed by atoms with Gasteiger partial charge in [-0.1, -0.05) is 30.3 Å². The highest BCUT2D eigenvalue weighted by molar-refractivity contribution is 7.57. The van der Waals surface area contributed by atoms with Crippen molar-refractivity contribution in [2.75, 3.05) is 13.2 Å². The van der Waals surface area contributed by atoms with Crippen LogP contribution < -0.4 is 0 Å². The second kappa shape index (κ2) is 7.07. The van der Waals surface area contributed by atoms with E-state index in [1.54, 1.807) is 30.3 Å². The van der Waals surface area contributed by atoms with Crippen LogP contribution in [0.3, 0.4) is 0 Å². The molecule has 1 rings (SSSR count). The lowest BCUT2D eigenvalue weighted by atomic mass is 10.2. The van der Waals surface area contributed by atoms with Gasteiger partial charge in [-0.2, -0.15) is 4.67 Å². The molecule has 1 aromatic rings. The van der Waals surface area contributed by atoms with Crippen LogP contribution in [0.15, 0.2) is 30.3 Å².